The van der Waals surface area contributed by atoms with E-state index >= 15 is 0 Å². The van der Waals surface area contributed by atoms with Gasteiger partial charge in [0.15, 0.2) is 0 Å². The van der Waals surface area contributed by atoms with Crippen molar-refractivity contribution in [2.24, 2.45) is 23.7 Å². The Balaban J connectivity index is 2.27. The van der Waals surface area contributed by atoms with Crippen molar-refractivity contribution in [3.63, 3.8) is 0 Å². The van der Waals surface area contributed by atoms with Gasteiger partial charge >= 0.3 is 5.97 Å². The van der Waals surface area contributed by atoms with Crippen molar-refractivity contribution in [1.29, 1.82) is 0 Å². The lowest BCUT2D eigenvalue weighted by Crippen LogP contribution is -2.59. The number of nitrogens with one attached hydrogen (secondary N) is 2. The molecule has 13 heteroatoms. The SMILES string of the molecule is CC[C@H](C)[C@H]([C@@H](CC(=O)N1CCC[C@H]1[C@H](OC)[C@@H](C)C(=O)NC(Cc1ccccc1)C(=O)O)OC)N(C)C(=O)[C@@H](NC(=O)[C@H](C(C)C)N(C)C)C(C)C. The van der Waals surface area contributed by atoms with E-state index in [2.05, 4.69) is 10.6 Å². The first-order valence-electron chi connectivity index (χ1n) is 19.1. The van der Waals surface area contributed by atoms with Crippen LogP contribution in [0.2, 0.25) is 0 Å². The van der Waals surface area contributed by atoms with E-state index in [4.69, 9.17) is 9.47 Å². The molecule has 2 rings (SSSR count). The second-order valence-corrected chi connectivity index (χ2v) is 15.6. The molecule has 0 aliphatic carbocycles. The fraction of sp³-hybridized carbons (Fsp3) is 0.725. The van der Waals surface area contributed by atoms with Gasteiger partial charge in [0.05, 0.1) is 42.7 Å². The normalized spacial score (nSPS) is 19.2. The number of benzene rings is 1. The number of carbonyl (C=O) groups is 5. The Morgan fingerprint density at radius 2 is 1.53 bits per heavy atom. The van der Waals surface area contributed by atoms with Crippen LogP contribution in [0.3, 0.4) is 0 Å². The molecule has 1 saturated heterocycles. The maximum atomic E-state index is 14.2. The minimum absolute atomic E-state index is 0.0104. The number of amides is 4. The number of likely N-dealkylation sites (tertiary alicyclic amines) is 1. The summed E-state index contributed by atoms with van der Waals surface area (Å²) in [5.74, 6) is -3.21. The molecular weight excluding hydrogens is 678 g/mol. The van der Waals surface area contributed by atoms with Gasteiger partial charge in [0, 0.05) is 34.2 Å². The Morgan fingerprint density at radius 1 is 0.906 bits per heavy atom. The molecule has 53 heavy (non-hydrogen) atoms. The standard InChI is InChI=1S/C40H67N5O8/c1-13-26(6)35(44(10)39(49)33(24(2)3)42-38(48)34(25(4)5)43(8)9)31(52-11)23-32(46)45-21-17-20-30(45)36(53-12)27(7)37(47)41-29(40(50)51)22-28-18-15-14-16-19-28/h14-16,18-19,24-27,29-31,33-36H,13,17,20-23H2,1-12H3,(H,41,47)(H,42,48)(H,50,51)/t26-,27+,29?,30-,31+,33-,34-,35+,36+/m0/s1. The Hall–Kier alpha value is -3.55. The van der Waals surface area contributed by atoms with Gasteiger partial charge in [-0.1, -0.05) is 85.2 Å². The third-order valence-electron chi connectivity index (χ3n) is 10.8. The number of ether oxygens (including phenoxy) is 2. The summed E-state index contributed by atoms with van der Waals surface area (Å²) >= 11 is 0. The van der Waals surface area contributed by atoms with Crippen LogP contribution in [0.1, 0.15) is 79.7 Å². The van der Waals surface area contributed by atoms with Crippen molar-refractivity contribution in [3.05, 3.63) is 35.9 Å². The number of nitrogens with zero attached hydrogens (tertiary/aromatic N) is 3. The predicted octanol–water partition coefficient (Wildman–Crippen LogP) is 3.45. The van der Waals surface area contributed by atoms with Crippen LogP contribution in [-0.2, 0) is 39.9 Å². The third kappa shape index (κ3) is 12.2. The van der Waals surface area contributed by atoms with Crippen molar-refractivity contribution >= 4 is 29.6 Å². The van der Waals surface area contributed by atoms with Crippen LogP contribution >= 0.6 is 0 Å². The van der Waals surface area contributed by atoms with E-state index in [1.165, 1.54) is 14.2 Å². The molecule has 0 radical (unpaired) electrons. The first-order valence-corrected chi connectivity index (χ1v) is 19.1. The summed E-state index contributed by atoms with van der Waals surface area (Å²) in [7, 11) is 8.44. The summed E-state index contributed by atoms with van der Waals surface area (Å²) in [4.78, 5) is 72.5. The maximum Gasteiger partial charge on any atom is 0.326 e. The highest BCUT2D eigenvalue weighted by Gasteiger charge is 2.43. The van der Waals surface area contributed by atoms with Crippen molar-refractivity contribution in [2.75, 3.05) is 41.9 Å². The van der Waals surface area contributed by atoms with Crippen LogP contribution in [-0.4, -0.2) is 134 Å². The molecule has 1 heterocycles. The lowest BCUT2D eigenvalue weighted by molar-refractivity contribution is -0.148. The molecule has 0 aromatic heterocycles. The topological polar surface area (TPSA) is 158 Å². The highest BCUT2D eigenvalue weighted by atomic mass is 16.5. The van der Waals surface area contributed by atoms with Gasteiger partial charge in [0.25, 0.3) is 0 Å². The summed E-state index contributed by atoms with van der Waals surface area (Å²) in [5, 5.41) is 15.6. The average molecular weight is 746 g/mol. The van der Waals surface area contributed by atoms with E-state index in [-0.39, 0.29) is 48.3 Å². The van der Waals surface area contributed by atoms with E-state index in [0.29, 0.717) is 19.4 Å². The average Bonchev–Trinajstić information content (AvgIpc) is 3.59. The highest BCUT2D eigenvalue weighted by Crippen LogP contribution is 2.30. The van der Waals surface area contributed by atoms with Crippen LogP contribution in [0.5, 0.6) is 0 Å². The number of methoxy groups -OCH3 is 2. The second-order valence-electron chi connectivity index (χ2n) is 15.6. The van der Waals surface area contributed by atoms with E-state index in [1.54, 1.807) is 23.8 Å². The zero-order valence-electron chi connectivity index (χ0n) is 34.1. The smallest absolute Gasteiger partial charge is 0.326 e. The Kier molecular flexibility index (Phi) is 18.4. The van der Waals surface area contributed by atoms with Crippen molar-refractivity contribution in [1.82, 2.24) is 25.3 Å². The number of likely N-dealkylation sites (N-methyl/N-ethyl adjacent to an activating group) is 2. The van der Waals surface area contributed by atoms with Crippen LogP contribution in [0.4, 0.5) is 0 Å². The summed E-state index contributed by atoms with van der Waals surface area (Å²) in [6.07, 6.45) is 0.820. The monoisotopic (exact) mass is 745 g/mol. The van der Waals surface area contributed by atoms with Gasteiger partial charge in [-0.05, 0) is 50.3 Å². The Labute approximate surface area is 317 Å². The van der Waals surface area contributed by atoms with Crippen LogP contribution in [0.15, 0.2) is 30.3 Å². The molecule has 1 unspecified atom stereocenters. The first kappa shape index (κ1) is 45.6. The molecule has 9 atom stereocenters. The summed E-state index contributed by atoms with van der Waals surface area (Å²) in [6, 6.07) is 5.89. The minimum Gasteiger partial charge on any atom is -0.480 e. The number of carbonyl (C=O) groups excluding carboxylic acids is 4. The Morgan fingerprint density at radius 3 is 2.02 bits per heavy atom. The molecule has 0 saturated carbocycles. The van der Waals surface area contributed by atoms with Crippen molar-refractivity contribution in [3.8, 4) is 0 Å². The van der Waals surface area contributed by atoms with Crippen LogP contribution < -0.4 is 10.6 Å². The molecule has 1 fully saturated rings. The van der Waals surface area contributed by atoms with Crippen LogP contribution in [0.25, 0.3) is 0 Å². The predicted molar refractivity (Wildman–Crippen MR) is 205 cm³/mol. The maximum absolute atomic E-state index is 14.2. The lowest BCUT2D eigenvalue weighted by Gasteiger charge is -2.41. The molecule has 4 amide bonds. The van der Waals surface area contributed by atoms with Gasteiger partial charge < -0.3 is 35.0 Å². The fourth-order valence-electron chi connectivity index (χ4n) is 7.76. The number of rotatable bonds is 21. The molecular formula is C40H67N5O8. The van der Waals surface area contributed by atoms with Gasteiger partial charge in [-0.3, -0.25) is 24.1 Å². The third-order valence-corrected chi connectivity index (χ3v) is 10.8. The number of aliphatic carboxylic acids is 1. The fourth-order valence-corrected chi connectivity index (χ4v) is 7.76. The minimum atomic E-state index is -1.14. The number of hydrogen-bond donors (Lipinski definition) is 3. The largest absolute Gasteiger partial charge is 0.480 e. The molecule has 1 aliphatic rings. The second kappa shape index (κ2) is 21.4. The van der Waals surface area contributed by atoms with Gasteiger partial charge in [-0.15, -0.1) is 0 Å². The lowest BCUT2D eigenvalue weighted by atomic mass is 9.89. The van der Waals surface area contributed by atoms with Gasteiger partial charge in [0.2, 0.25) is 23.6 Å². The molecule has 1 aromatic rings. The molecule has 0 bridgehead atoms. The zero-order valence-corrected chi connectivity index (χ0v) is 34.1. The molecule has 1 aromatic carbocycles. The van der Waals surface area contributed by atoms with Gasteiger partial charge in [-0.25, -0.2) is 4.79 Å². The zero-order chi connectivity index (χ0) is 40.2. The first-order chi connectivity index (χ1) is 24.9. The quantitative estimate of drug-likeness (QED) is 0.172. The van der Waals surface area contributed by atoms with E-state index in [1.807, 2.05) is 90.9 Å². The molecule has 1 aliphatic heterocycles. The van der Waals surface area contributed by atoms with Crippen molar-refractivity contribution < 1.29 is 38.6 Å². The summed E-state index contributed by atoms with van der Waals surface area (Å²) < 4.78 is 11.9. The molecule has 300 valence electrons. The summed E-state index contributed by atoms with van der Waals surface area (Å²) in [6.45, 7) is 13.9. The van der Waals surface area contributed by atoms with Gasteiger partial charge in [0.1, 0.15) is 12.1 Å². The number of carboxylic acid groups (broad SMARTS) is 1. The molecule has 3 N–H and O–H groups in total. The number of hydrogen-bond acceptors (Lipinski definition) is 8. The highest BCUT2D eigenvalue weighted by molar-refractivity contribution is 5.90. The molecule has 0 spiro atoms. The van der Waals surface area contributed by atoms with E-state index in [0.717, 1.165) is 12.0 Å². The van der Waals surface area contributed by atoms with E-state index in [9.17, 15) is 29.1 Å². The van der Waals surface area contributed by atoms with E-state index < -0.39 is 60.2 Å². The summed E-state index contributed by atoms with van der Waals surface area (Å²) in [5.41, 5.74) is 0.785. The van der Waals surface area contributed by atoms with Gasteiger partial charge in [-0.2, -0.15) is 0 Å². The molecule has 13 nitrogen and oxygen atoms in total. The van der Waals surface area contributed by atoms with Crippen LogP contribution in [0, 0.1) is 23.7 Å². The Bertz CT molecular complexity index is 1330. The van der Waals surface area contributed by atoms with Crippen molar-refractivity contribution in [2.45, 2.75) is 123 Å². The number of carboxylic acids is 1.